The predicted octanol–water partition coefficient (Wildman–Crippen LogP) is 32.0. The summed E-state index contributed by atoms with van der Waals surface area (Å²) in [5.74, 6) is 3.77. The molecule has 2 aliphatic carbocycles. The maximum atomic E-state index is 5.16. The molecule has 8 nitrogen and oxygen atoms in total. The lowest BCUT2D eigenvalue weighted by Crippen LogP contribution is -2.36. The molecule has 8 heteroatoms. The van der Waals surface area contributed by atoms with Crippen LogP contribution in [0.25, 0.3) is 157 Å². The fourth-order valence-corrected chi connectivity index (χ4v) is 21.2. The van der Waals surface area contributed by atoms with Gasteiger partial charge < -0.3 is 9.80 Å². The van der Waals surface area contributed by atoms with Crippen LogP contribution in [0.15, 0.2) is 510 Å². The van der Waals surface area contributed by atoms with Crippen molar-refractivity contribution in [1.82, 2.24) is 29.9 Å². The Morgan fingerprint density at radius 1 is 0.125 bits per heavy atom. The zero-order chi connectivity index (χ0) is 90.0. The molecule has 636 valence electrons. The zero-order valence-electron chi connectivity index (χ0n) is 74.1. The van der Waals surface area contributed by atoms with Crippen molar-refractivity contribution in [1.29, 1.82) is 0 Å². The first-order valence-electron chi connectivity index (χ1n) is 46.4. The summed E-state index contributed by atoms with van der Waals surface area (Å²) >= 11 is 0. The molecule has 0 amide bonds. The second-order valence-corrected chi connectivity index (χ2v) is 35.1. The van der Waals surface area contributed by atoms with Gasteiger partial charge in [0.1, 0.15) is 0 Å². The number of hydrogen-bond donors (Lipinski definition) is 0. The summed E-state index contributed by atoms with van der Waals surface area (Å²) < 4.78 is 0. The quantitative estimate of drug-likeness (QED) is 0.106. The number of para-hydroxylation sites is 4. The standard InChI is InChI=1S/2C64H42N4/c1-4-17-43(18-5-1)44-31-33-45(34-32-44)49-21-16-22-51(41-49)63-66-61(47-19-6-2-7-20-47)65-62(67-63)48-37-35-46(36-38-48)50-39-40-58-60(42-50)68(52-23-8-3-9-24-52)59-30-15-14-29-57(59)64(58)55-27-12-10-25-53(55)54-26-11-13-28-56(54)64;1-4-16-43(17-5-1)44-28-30-45(31-29-44)46-32-36-49(37-33-46)62-65-61(48-18-6-2-7-19-48)66-63(67-62)50-38-34-47(35-39-50)51-40-41-58-60(42-51)68(52-20-8-3-9-21-52)59-27-15-14-26-57(59)64(58)55-24-12-10-22-53(55)54-23-11-13-25-56(54)64/h2*1-42H. The summed E-state index contributed by atoms with van der Waals surface area (Å²) in [5, 5.41) is 0. The maximum absolute atomic E-state index is 5.16. The lowest BCUT2D eigenvalue weighted by molar-refractivity contribution is 0.753. The summed E-state index contributed by atoms with van der Waals surface area (Å²) in [6.07, 6.45) is 0. The minimum atomic E-state index is -0.494. The van der Waals surface area contributed by atoms with Crippen LogP contribution in [0.2, 0.25) is 0 Å². The van der Waals surface area contributed by atoms with Gasteiger partial charge >= 0.3 is 0 Å². The molecule has 0 saturated heterocycles. The molecule has 4 heterocycles. The highest BCUT2D eigenvalue weighted by Crippen LogP contribution is 2.66. The molecule has 20 aromatic carbocycles. The van der Waals surface area contributed by atoms with E-state index in [0.29, 0.717) is 34.9 Å². The van der Waals surface area contributed by atoms with Gasteiger partial charge in [0, 0.05) is 44.8 Å². The van der Waals surface area contributed by atoms with Crippen LogP contribution in [0, 0.1) is 0 Å². The molecule has 2 spiro atoms. The van der Waals surface area contributed by atoms with Gasteiger partial charge in [-0.3, -0.25) is 0 Å². The average Bonchev–Trinajstić information content (AvgIpc) is 1.48. The van der Waals surface area contributed by atoms with Gasteiger partial charge in [0.2, 0.25) is 0 Å². The number of fused-ring (bicyclic) bond motifs is 18. The Bertz CT molecular complexity index is 8190. The molecule has 0 fully saturated rings. The van der Waals surface area contributed by atoms with Crippen molar-refractivity contribution >= 4 is 34.1 Å². The normalized spacial score (nSPS) is 12.8. The lowest BCUT2D eigenvalue weighted by Gasteiger charge is -2.45. The summed E-state index contributed by atoms with van der Waals surface area (Å²) in [7, 11) is 0. The van der Waals surface area contributed by atoms with E-state index in [1.165, 1.54) is 100 Å². The maximum Gasteiger partial charge on any atom is 0.164 e. The van der Waals surface area contributed by atoms with Crippen molar-refractivity contribution in [2.45, 2.75) is 10.8 Å². The van der Waals surface area contributed by atoms with E-state index in [0.717, 1.165) is 101 Å². The lowest BCUT2D eigenvalue weighted by atomic mass is 9.64. The SMILES string of the molecule is c1ccc(-c2ccc(-c3ccc(-c4nc(-c5ccccc5)nc(-c5ccc(-c6ccc7c(c6)N(c6ccccc6)c6ccccc6C76c7ccccc7-c7ccccc76)cc5)n4)cc3)cc2)cc1.c1ccc(-c2ccc(-c3cccc(-c4nc(-c5ccccc5)nc(-c5ccc(-c6ccc7c(c6)N(c6ccccc6)c6ccccc6C76c7ccccc7-c7ccccc76)cc5)n4)c3)cc2)cc1. The average molecular weight is 1730 g/mol. The van der Waals surface area contributed by atoms with Gasteiger partial charge in [-0.15, -0.1) is 0 Å². The molecule has 4 aliphatic rings. The second-order valence-electron chi connectivity index (χ2n) is 35.1. The first kappa shape index (κ1) is 80.1. The van der Waals surface area contributed by atoms with Crippen LogP contribution in [0.5, 0.6) is 0 Å². The number of rotatable bonds is 14. The molecular formula is C128H84N8. The van der Waals surface area contributed by atoms with Gasteiger partial charge in [-0.1, -0.05) is 455 Å². The third kappa shape index (κ3) is 13.8. The van der Waals surface area contributed by atoms with E-state index in [2.05, 4.69) is 459 Å². The number of hydrogen-bond acceptors (Lipinski definition) is 8. The monoisotopic (exact) mass is 1730 g/mol. The molecule has 0 bridgehead atoms. The van der Waals surface area contributed by atoms with Crippen LogP contribution in [0.4, 0.5) is 34.1 Å². The first-order valence-corrected chi connectivity index (χ1v) is 46.4. The molecule has 136 heavy (non-hydrogen) atoms. The molecule has 0 unspecified atom stereocenters. The third-order valence-electron chi connectivity index (χ3n) is 27.5. The summed E-state index contributed by atoms with van der Waals surface area (Å²) in [5.41, 5.74) is 40.8. The first-order chi connectivity index (χ1) is 67.4. The van der Waals surface area contributed by atoms with Crippen molar-refractivity contribution in [3.05, 3.63) is 554 Å². The third-order valence-corrected chi connectivity index (χ3v) is 27.5. The molecule has 0 N–H and O–H groups in total. The Labute approximate surface area is 790 Å². The highest BCUT2D eigenvalue weighted by atomic mass is 15.2. The number of nitrogens with zero attached hydrogens (tertiary/aromatic N) is 8. The Hall–Kier alpha value is -18.0. The van der Waals surface area contributed by atoms with Crippen LogP contribution in [-0.4, -0.2) is 29.9 Å². The molecule has 0 radical (unpaired) electrons. The number of anilines is 6. The second kappa shape index (κ2) is 33.8. The molecular weight excluding hydrogens is 1650 g/mol. The van der Waals surface area contributed by atoms with E-state index >= 15 is 0 Å². The fourth-order valence-electron chi connectivity index (χ4n) is 21.2. The molecule has 22 aromatic rings. The molecule has 2 aliphatic heterocycles. The van der Waals surface area contributed by atoms with Crippen molar-refractivity contribution in [2.75, 3.05) is 9.80 Å². The Kier molecular flexibility index (Phi) is 19.9. The van der Waals surface area contributed by atoms with E-state index in [1.807, 2.05) is 60.7 Å². The molecule has 0 saturated carbocycles. The van der Waals surface area contributed by atoms with Gasteiger partial charge in [0.05, 0.1) is 33.6 Å². The van der Waals surface area contributed by atoms with Crippen molar-refractivity contribution in [3.8, 4) is 157 Å². The van der Waals surface area contributed by atoms with Crippen LogP contribution < -0.4 is 9.80 Å². The van der Waals surface area contributed by atoms with E-state index in [4.69, 9.17) is 29.9 Å². The topological polar surface area (TPSA) is 83.8 Å². The van der Waals surface area contributed by atoms with E-state index < -0.39 is 10.8 Å². The molecule has 26 rings (SSSR count). The van der Waals surface area contributed by atoms with Gasteiger partial charge in [0.15, 0.2) is 34.9 Å². The smallest absolute Gasteiger partial charge is 0.164 e. The largest absolute Gasteiger partial charge is 0.310 e. The van der Waals surface area contributed by atoms with E-state index in [9.17, 15) is 0 Å². The summed E-state index contributed by atoms with van der Waals surface area (Å²) in [4.78, 5) is 35.4. The number of aromatic nitrogens is 6. The van der Waals surface area contributed by atoms with Gasteiger partial charge in [-0.25, -0.2) is 29.9 Å². The van der Waals surface area contributed by atoms with Gasteiger partial charge in [-0.2, -0.15) is 0 Å². The Balaban J connectivity index is 0.000000145. The zero-order valence-corrected chi connectivity index (χ0v) is 74.1. The minimum Gasteiger partial charge on any atom is -0.310 e. The molecule has 2 aromatic heterocycles. The van der Waals surface area contributed by atoms with Crippen molar-refractivity contribution < 1.29 is 0 Å². The van der Waals surface area contributed by atoms with E-state index in [-0.39, 0.29) is 0 Å². The summed E-state index contributed by atoms with van der Waals surface area (Å²) in [6, 6.07) is 183. The highest BCUT2D eigenvalue weighted by Gasteiger charge is 2.54. The van der Waals surface area contributed by atoms with Crippen molar-refractivity contribution in [3.63, 3.8) is 0 Å². The predicted molar refractivity (Wildman–Crippen MR) is 556 cm³/mol. The fraction of sp³-hybridized carbons (Fsp3) is 0.0156. The van der Waals surface area contributed by atoms with Crippen molar-refractivity contribution in [2.24, 2.45) is 0 Å². The molecule has 0 atom stereocenters. The Morgan fingerprint density at radius 3 is 0.625 bits per heavy atom. The van der Waals surface area contributed by atoms with Crippen LogP contribution in [0.3, 0.4) is 0 Å². The van der Waals surface area contributed by atoms with E-state index in [1.54, 1.807) is 0 Å². The van der Waals surface area contributed by atoms with Gasteiger partial charge in [-0.05, 0) is 188 Å². The highest BCUT2D eigenvalue weighted by molar-refractivity contribution is 6.00. The van der Waals surface area contributed by atoms with Gasteiger partial charge in [0.25, 0.3) is 0 Å². The number of benzene rings is 20. The minimum absolute atomic E-state index is 0.492. The van der Waals surface area contributed by atoms with Crippen LogP contribution in [0.1, 0.15) is 44.5 Å². The Morgan fingerprint density at radius 2 is 0.316 bits per heavy atom. The summed E-state index contributed by atoms with van der Waals surface area (Å²) in [6.45, 7) is 0. The van der Waals surface area contributed by atoms with Crippen LogP contribution >= 0.6 is 0 Å². The van der Waals surface area contributed by atoms with Crippen LogP contribution in [-0.2, 0) is 10.8 Å².